The lowest BCUT2D eigenvalue weighted by Crippen LogP contribution is -2.18. The summed E-state index contributed by atoms with van der Waals surface area (Å²) in [5.74, 6) is -1.44. The van der Waals surface area contributed by atoms with Crippen LogP contribution in [0.15, 0.2) is 21.7 Å². The first-order valence-corrected chi connectivity index (χ1v) is 4.85. The maximum atomic E-state index is 11.5. The summed E-state index contributed by atoms with van der Waals surface area (Å²) in [7, 11) is 0. The van der Waals surface area contributed by atoms with Gasteiger partial charge < -0.3 is 9.15 Å². The molecule has 1 aliphatic rings. The summed E-state index contributed by atoms with van der Waals surface area (Å²) >= 11 is 0. The second-order valence-electron chi connectivity index (χ2n) is 3.24. The molecule has 1 aromatic heterocycles. The predicted molar refractivity (Wildman–Crippen MR) is 56.2 cm³/mol. The van der Waals surface area contributed by atoms with Crippen molar-refractivity contribution in [2.24, 2.45) is 5.10 Å². The number of carbonyl (C=O) groups is 2. The van der Waals surface area contributed by atoms with Crippen molar-refractivity contribution >= 4 is 24.0 Å². The van der Waals surface area contributed by atoms with Crippen LogP contribution in [0.5, 0.6) is 0 Å². The minimum Gasteiger partial charge on any atom is -0.446 e. The van der Waals surface area contributed by atoms with Crippen molar-refractivity contribution in [1.82, 2.24) is 5.01 Å². The van der Waals surface area contributed by atoms with Gasteiger partial charge in [-0.3, -0.25) is 14.9 Å². The Morgan fingerprint density at radius 1 is 1.56 bits per heavy atom. The fourth-order valence-electron chi connectivity index (χ4n) is 1.23. The fraction of sp³-hybridized carbons (Fsp3) is 0.222. The number of nitrogens with zero attached hydrogens (tertiary/aromatic N) is 3. The zero-order chi connectivity index (χ0) is 13.1. The molecular weight excluding hydrogens is 246 g/mol. The molecular formula is C9H7N3O6. The smallest absolute Gasteiger partial charge is 0.433 e. The summed E-state index contributed by atoms with van der Waals surface area (Å²) in [6, 6.07) is 2.22. The highest BCUT2D eigenvalue weighted by atomic mass is 16.6. The highest BCUT2D eigenvalue weighted by Gasteiger charge is 2.22. The minimum absolute atomic E-state index is 0.205. The van der Waals surface area contributed by atoms with Crippen molar-refractivity contribution in [3.05, 3.63) is 28.0 Å². The van der Waals surface area contributed by atoms with Gasteiger partial charge in [0.05, 0.1) is 18.8 Å². The molecule has 1 amide bonds. The number of cyclic esters (lactones) is 1. The second-order valence-corrected chi connectivity index (χ2v) is 3.24. The summed E-state index contributed by atoms with van der Waals surface area (Å²) in [6.45, 7) is 0.456. The molecule has 0 radical (unpaired) electrons. The van der Waals surface area contributed by atoms with E-state index < -0.39 is 22.7 Å². The first-order valence-electron chi connectivity index (χ1n) is 4.85. The summed E-state index contributed by atoms with van der Waals surface area (Å²) in [5, 5.41) is 14.9. The molecule has 0 spiro atoms. The number of hydrogen-bond donors (Lipinski definition) is 0. The second kappa shape index (κ2) is 4.65. The van der Waals surface area contributed by atoms with E-state index in [9.17, 15) is 19.7 Å². The van der Waals surface area contributed by atoms with Crippen LogP contribution in [-0.4, -0.2) is 41.2 Å². The van der Waals surface area contributed by atoms with Gasteiger partial charge in [-0.25, -0.2) is 4.79 Å². The quantitative estimate of drug-likeness (QED) is 0.339. The molecule has 9 heteroatoms. The van der Waals surface area contributed by atoms with Crippen LogP contribution in [-0.2, 0) is 4.74 Å². The van der Waals surface area contributed by atoms with E-state index in [0.29, 0.717) is 0 Å². The molecule has 1 aromatic rings. The maximum Gasteiger partial charge on any atom is 0.433 e. The molecule has 0 bridgehead atoms. The Balaban J connectivity index is 2.04. The van der Waals surface area contributed by atoms with Gasteiger partial charge in [0.2, 0.25) is 5.78 Å². The molecule has 0 atom stereocenters. The van der Waals surface area contributed by atoms with Gasteiger partial charge in [-0.05, 0) is 6.07 Å². The van der Waals surface area contributed by atoms with Crippen molar-refractivity contribution in [3.8, 4) is 0 Å². The Labute approximate surface area is 99.8 Å². The van der Waals surface area contributed by atoms with E-state index in [1.807, 2.05) is 0 Å². The monoisotopic (exact) mass is 253 g/mol. The van der Waals surface area contributed by atoms with Crippen LogP contribution < -0.4 is 0 Å². The van der Waals surface area contributed by atoms with Gasteiger partial charge in [0.1, 0.15) is 11.5 Å². The van der Waals surface area contributed by atoms with Crippen molar-refractivity contribution in [2.45, 2.75) is 0 Å². The van der Waals surface area contributed by atoms with Crippen LogP contribution in [0.1, 0.15) is 10.6 Å². The molecule has 0 unspecified atom stereocenters. The van der Waals surface area contributed by atoms with E-state index in [2.05, 4.69) is 14.3 Å². The predicted octanol–water partition coefficient (Wildman–Crippen LogP) is 0.808. The number of ether oxygens (including phenoxy) is 1. The SMILES string of the molecule is O=C(C=NN1CCOC1=O)c1ccc([N+](=O)[O-])o1. The van der Waals surface area contributed by atoms with Gasteiger partial charge in [-0.1, -0.05) is 0 Å². The van der Waals surface area contributed by atoms with Crippen LogP contribution in [0.2, 0.25) is 0 Å². The highest BCUT2D eigenvalue weighted by Crippen LogP contribution is 2.15. The number of nitro groups is 1. The van der Waals surface area contributed by atoms with E-state index in [-0.39, 0.29) is 18.9 Å². The molecule has 9 nitrogen and oxygen atoms in total. The zero-order valence-corrected chi connectivity index (χ0v) is 8.94. The number of hydrogen-bond acceptors (Lipinski definition) is 7. The molecule has 0 aliphatic carbocycles. The van der Waals surface area contributed by atoms with Crippen molar-refractivity contribution in [3.63, 3.8) is 0 Å². The Morgan fingerprint density at radius 2 is 2.33 bits per heavy atom. The van der Waals surface area contributed by atoms with Gasteiger partial charge in [0.25, 0.3) is 0 Å². The van der Waals surface area contributed by atoms with Gasteiger partial charge >= 0.3 is 12.0 Å². The van der Waals surface area contributed by atoms with E-state index in [1.165, 1.54) is 0 Å². The number of rotatable bonds is 4. The van der Waals surface area contributed by atoms with Crippen molar-refractivity contribution in [2.75, 3.05) is 13.2 Å². The molecule has 2 heterocycles. The summed E-state index contributed by atoms with van der Waals surface area (Å²) in [4.78, 5) is 32.1. The standard InChI is InChI=1S/C9H7N3O6/c13-6(5-10-11-3-4-17-9(11)14)7-1-2-8(18-7)12(15)16/h1-2,5H,3-4H2. The third kappa shape index (κ3) is 2.34. The summed E-state index contributed by atoms with van der Waals surface area (Å²) in [5.41, 5.74) is 0. The molecule has 0 saturated carbocycles. The van der Waals surface area contributed by atoms with Crippen LogP contribution in [0.3, 0.4) is 0 Å². The van der Waals surface area contributed by atoms with E-state index in [4.69, 9.17) is 0 Å². The molecule has 1 saturated heterocycles. The maximum absolute atomic E-state index is 11.5. The molecule has 1 fully saturated rings. The van der Waals surface area contributed by atoms with Crippen molar-refractivity contribution < 1.29 is 23.7 Å². The zero-order valence-electron chi connectivity index (χ0n) is 8.94. The van der Waals surface area contributed by atoms with Gasteiger partial charge in [0.15, 0.2) is 5.76 Å². The first-order chi connectivity index (χ1) is 8.58. The lowest BCUT2D eigenvalue weighted by molar-refractivity contribution is -0.402. The Hall–Kier alpha value is -2.71. The summed E-state index contributed by atoms with van der Waals surface area (Å²) < 4.78 is 9.26. The van der Waals surface area contributed by atoms with E-state index >= 15 is 0 Å². The van der Waals surface area contributed by atoms with E-state index in [1.54, 1.807) is 0 Å². The number of furan rings is 1. The first kappa shape index (κ1) is 11.8. The topological polar surface area (TPSA) is 115 Å². The Bertz CT molecular complexity index is 534. The van der Waals surface area contributed by atoms with Crippen LogP contribution >= 0.6 is 0 Å². The summed E-state index contributed by atoms with van der Waals surface area (Å²) in [6.07, 6.45) is 0.194. The van der Waals surface area contributed by atoms with Gasteiger partial charge in [-0.2, -0.15) is 10.1 Å². The minimum atomic E-state index is -0.758. The number of ketones is 1. The Kier molecular flexibility index (Phi) is 3.04. The average Bonchev–Trinajstić information content (AvgIpc) is 2.94. The van der Waals surface area contributed by atoms with Crippen LogP contribution in [0, 0.1) is 10.1 Å². The Morgan fingerprint density at radius 3 is 2.89 bits per heavy atom. The number of hydrazone groups is 1. The average molecular weight is 253 g/mol. The molecule has 1 aliphatic heterocycles. The van der Waals surface area contributed by atoms with Crippen LogP contribution in [0.25, 0.3) is 0 Å². The number of Topliss-reactive ketones (excluding diaryl/α,β-unsaturated/α-hetero) is 1. The van der Waals surface area contributed by atoms with Crippen LogP contribution in [0.4, 0.5) is 10.7 Å². The van der Waals surface area contributed by atoms with E-state index in [0.717, 1.165) is 23.4 Å². The largest absolute Gasteiger partial charge is 0.446 e. The normalized spacial score (nSPS) is 15.1. The number of carbonyl (C=O) groups excluding carboxylic acids is 2. The lowest BCUT2D eigenvalue weighted by atomic mass is 10.3. The highest BCUT2D eigenvalue weighted by molar-refractivity contribution is 6.34. The van der Waals surface area contributed by atoms with Crippen molar-refractivity contribution in [1.29, 1.82) is 0 Å². The fourth-order valence-corrected chi connectivity index (χ4v) is 1.23. The third-order valence-corrected chi connectivity index (χ3v) is 2.07. The van der Waals surface area contributed by atoms with Gasteiger partial charge in [0, 0.05) is 0 Å². The number of amides is 1. The molecule has 0 aromatic carbocycles. The molecule has 2 rings (SSSR count). The molecule has 94 valence electrons. The third-order valence-electron chi connectivity index (χ3n) is 2.07. The molecule has 18 heavy (non-hydrogen) atoms. The lowest BCUT2D eigenvalue weighted by Gasteiger charge is -2.02. The van der Waals surface area contributed by atoms with Gasteiger partial charge in [-0.15, -0.1) is 0 Å². The molecule has 0 N–H and O–H groups in total.